The molecule has 0 radical (unpaired) electrons. The Hall–Kier alpha value is -0.650. The minimum Gasteiger partial charge on any atom is -0.459 e. The number of hydrogen-bond donors (Lipinski definition) is 3. The zero-order chi connectivity index (χ0) is 19.8. The second-order valence-corrected chi connectivity index (χ2v) is 11.1. The summed E-state index contributed by atoms with van der Waals surface area (Å²) in [5.74, 6) is 0.682. The van der Waals surface area contributed by atoms with E-state index in [9.17, 15) is 20.1 Å². The lowest BCUT2D eigenvalue weighted by Crippen LogP contribution is -2.63. The topological polar surface area (TPSA) is 87.0 Å². The summed E-state index contributed by atoms with van der Waals surface area (Å²) in [4.78, 5) is 11.6. The zero-order valence-electron chi connectivity index (χ0n) is 17.2. The lowest BCUT2D eigenvalue weighted by atomic mass is 9.40. The molecule has 0 unspecified atom stereocenters. The Morgan fingerprint density at radius 2 is 1.81 bits per heavy atom. The van der Waals surface area contributed by atoms with Crippen LogP contribution in [0.4, 0.5) is 0 Å². The molecule has 154 valence electrons. The van der Waals surface area contributed by atoms with Crippen molar-refractivity contribution in [3.8, 4) is 0 Å². The van der Waals surface area contributed by atoms with Gasteiger partial charge in [0.1, 0.15) is 6.10 Å². The first-order valence-electron chi connectivity index (χ1n) is 10.7. The van der Waals surface area contributed by atoms with E-state index in [-0.39, 0.29) is 34.7 Å². The van der Waals surface area contributed by atoms with E-state index in [2.05, 4.69) is 20.8 Å². The average Bonchev–Trinajstić information content (AvgIpc) is 2.77. The quantitative estimate of drug-likeness (QED) is 0.641. The highest BCUT2D eigenvalue weighted by Gasteiger charge is 2.69. The second-order valence-electron chi connectivity index (χ2n) is 11.1. The third-order valence-corrected chi connectivity index (χ3v) is 9.33. The maximum Gasteiger partial charge on any atom is 0.303 e. The van der Waals surface area contributed by atoms with E-state index in [0.29, 0.717) is 24.7 Å². The Morgan fingerprint density at radius 1 is 1.11 bits per heavy atom. The van der Waals surface area contributed by atoms with Crippen molar-refractivity contribution in [2.75, 3.05) is 6.61 Å². The van der Waals surface area contributed by atoms with Crippen molar-refractivity contribution in [2.45, 2.75) is 90.4 Å². The first-order valence-corrected chi connectivity index (χ1v) is 10.7. The van der Waals surface area contributed by atoms with Crippen LogP contribution in [0.15, 0.2) is 0 Å². The summed E-state index contributed by atoms with van der Waals surface area (Å²) >= 11 is 0. The van der Waals surface area contributed by atoms with Gasteiger partial charge in [0, 0.05) is 12.3 Å². The summed E-state index contributed by atoms with van der Waals surface area (Å²) in [7, 11) is 0. The molecule has 5 heteroatoms. The van der Waals surface area contributed by atoms with Crippen LogP contribution >= 0.6 is 0 Å². The standard InChI is InChI=1S/C22H36O5/c1-13(24)27-18-15(25)10-20(4)16(19(18,2)3)7-8-21-9-14(5-6-17(20)21)22(26,11-21)12-23/h14-18,23,25-26H,5-12H2,1-4H3/t14-,15-,16-,17+,18-,20+,21+,22+/m1/s1. The van der Waals surface area contributed by atoms with Crippen LogP contribution in [0.5, 0.6) is 0 Å². The van der Waals surface area contributed by atoms with Gasteiger partial charge in [0.05, 0.1) is 18.3 Å². The molecule has 4 fully saturated rings. The summed E-state index contributed by atoms with van der Waals surface area (Å²) in [5, 5.41) is 31.9. The van der Waals surface area contributed by atoms with Gasteiger partial charge in [-0.25, -0.2) is 0 Å². The van der Waals surface area contributed by atoms with Gasteiger partial charge in [-0.3, -0.25) is 4.79 Å². The molecule has 8 atom stereocenters. The Kier molecular flexibility index (Phi) is 4.32. The molecule has 4 aliphatic rings. The average molecular weight is 381 g/mol. The van der Waals surface area contributed by atoms with Crippen molar-refractivity contribution in [1.82, 2.24) is 0 Å². The third kappa shape index (κ3) is 2.57. The Morgan fingerprint density at radius 3 is 2.44 bits per heavy atom. The van der Waals surface area contributed by atoms with Gasteiger partial charge in [0.25, 0.3) is 0 Å². The first kappa shape index (κ1) is 19.7. The Bertz CT molecular complexity index is 632. The fourth-order valence-corrected chi connectivity index (χ4v) is 8.57. The summed E-state index contributed by atoms with van der Waals surface area (Å²) in [5.41, 5.74) is -1.18. The summed E-state index contributed by atoms with van der Waals surface area (Å²) in [6.45, 7) is 7.90. The maximum absolute atomic E-state index is 11.6. The van der Waals surface area contributed by atoms with E-state index in [0.717, 1.165) is 32.1 Å². The molecule has 4 saturated carbocycles. The normalized spacial score (nSPS) is 53.4. The molecule has 2 bridgehead atoms. The van der Waals surface area contributed by atoms with Gasteiger partial charge in [-0.15, -0.1) is 0 Å². The van der Waals surface area contributed by atoms with E-state index < -0.39 is 17.8 Å². The molecule has 0 saturated heterocycles. The molecule has 0 aromatic carbocycles. The van der Waals surface area contributed by atoms with Crippen LogP contribution < -0.4 is 0 Å². The van der Waals surface area contributed by atoms with Gasteiger partial charge in [-0.1, -0.05) is 20.8 Å². The van der Waals surface area contributed by atoms with Gasteiger partial charge in [-0.05, 0) is 73.5 Å². The molecular formula is C22H36O5. The number of aliphatic hydroxyl groups is 3. The summed E-state index contributed by atoms with van der Waals surface area (Å²) in [6.07, 6.45) is 5.32. The number of fused-ring (bicyclic) bond motifs is 3. The molecule has 0 amide bonds. The van der Waals surface area contributed by atoms with E-state index in [1.807, 2.05) is 0 Å². The molecule has 0 aromatic rings. The highest BCUT2D eigenvalue weighted by Crippen LogP contribution is 2.72. The molecular weight excluding hydrogens is 344 g/mol. The maximum atomic E-state index is 11.6. The fraction of sp³-hybridized carbons (Fsp3) is 0.955. The van der Waals surface area contributed by atoms with Crippen LogP contribution in [0.1, 0.15) is 72.6 Å². The molecule has 1 spiro atoms. The van der Waals surface area contributed by atoms with Gasteiger partial charge in [0.2, 0.25) is 0 Å². The number of esters is 1. The molecule has 27 heavy (non-hydrogen) atoms. The van der Waals surface area contributed by atoms with Crippen molar-refractivity contribution < 1.29 is 24.9 Å². The summed E-state index contributed by atoms with van der Waals surface area (Å²) in [6, 6.07) is 0. The van der Waals surface area contributed by atoms with Crippen molar-refractivity contribution in [2.24, 2.45) is 34.0 Å². The van der Waals surface area contributed by atoms with E-state index in [1.165, 1.54) is 6.92 Å². The highest BCUT2D eigenvalue weighted by atomic mass is 16.6. The zero-order valence-corrected chi connectivity index (χ0v) is 17.2. The fourth-order valence-electron chi connectivity index (χ4n) is 8.57. The van der Waals surface area contributed by atoms with E-state index in [4.69, 9.17) is 4.74 Å². The number of hydrogen-bond acceptors (Lipinski definition) is 5. The minimum atomic E-state index is -0.930. The van der Waals surface area contributed by atoms with Crippen LogP contribution in [-0.2, 0) is 9.53 Å². The van der Waals surface area contributed by atoms with Crippen LogP contribution in [0, 0.1) is 34.0 Å². The minimum absolute atomic E-state index is 0.0382. The number of rotatable bonds is 2. The van der Waals surface area contributed by atoms with E-state index in [1.54, 1.807) is 0 Å². The molecule has 0 heterocycles. The molecule has 5 nitrogen and oxygen atoms in total. The van der Waals surface area contributed by atoms with Crippen molar-refractivity contribution in [1.29, 1.82) is 0 Å². The smallest absolute Gasteiger partial charge is 0.303 e. The predicted octanol–water partition coefficient (Wildman–Crippen LogP) is 2.66. The lowest BCUT2D eigenvalue weighted by molar-refractivity contribution is -0.228. The molecule has 4 aliphatic carbocycles. The SMILES string of the molecule is CC(=O)O[C@@H]1[C@H](O)C[C@@]2(C)[C@H](CC[C@@]34C[C@@H](CC[C@H]32)[C@@](O)(CO)C4)C1(C)C. The van der Waals surface area contributed by atoms with Crippen molar-refractivity contribution in [3.05, 3.63) is 0 Å². The highest BCUT2D eigenvalue weighted by molar-refractivity contribution is 5.66. The molecule has 0 aromatic heterocycles. The van der Waals surface area contributed by atoms with E-state index >= 15 is 0 Å². The van der Waals surface area contributed by atoms with Crippen molar-refractivity contribution in [3.63, 3.8) is 0 Å². The first-order chi connectivity index (χ1) is 12.5. The van der Waals surface area contributed by atoms with Crippen LogP contribution in [0.3, 0.4) is 0 Å². The van der Waals surface area contributed by atoms with Gasteiger partial charge in [-0.2, -0.15) is 0 Å². The van der Waals surface area contributed by atoms with Gasteiger partial charge < -0.3 is 20.1 Å². The second kappa shape index (κ2) is 5.93. The molecule has 4 rings (SSSR count). The number of carbonyl (C=O) groups excluding carboxylic acids is 1. The molecule has 3 N–H and O–H groups in total. The van der Waals surface area contributed by atoms with Crippen LogP contribution in [0.25, 0.3) is 0 Å². The van der Waals surface area contributed by atoms with Crippen molar-refractivity contribution >= 4 is 5.97 Å². The Balaban J connectivity index is 1.69. The largest absolute Gasteiger partial charge is 0.459 e. The lowest BCUT2D eigenvalue weighted by Gasteiger charge is -2.65. The predicted molar refractivity (Wildman–Crippen MR) is 101 cm³/mol. The van der Waals surface area contributed by atoms with Gasteiger partial charge >= 0.3 is 5.97 Å². The summed E-state index contributed by atoms with van der Waals surface area (Å²) < 4.78 is 5.60. The van der Waals surface area contributed by atoms with Crippen LogP contribution in [-0.4, -0.2) is 45.7 Å². The number of ether oxygens (including phenoxy) is 1. The van der Waals surface area contributed by atoms with Gasteiger partial charge in [0.15, 0.2) is 0 Å². The van der Waals surface area contributed by atoms with Crippen LogP contribution in [0.2, 0.25) is 0 Å². The number of aliphatic hydroxyl groups excluding tert-OH is 2. The molecule has 0 aliphatic heterocycles. The monoisotopic (exact) mass is 380 g/mol. The number of carbonyl (C=O) groups is 1. The Labute approximate surface area is 162 Å². The third-order valence-electron chi connectivity index (χ3n) is 9.33.